The zero-order valence-corrected chi connectivity index (χ0v) is 16.6. The number of hydrogen-bond acceptors (Lipinski definition) is 6. The van der Waals surface area contributed by atoms with Crippen LogP contribution in [0.4, 0.5) is 23.4 Å². The second-order valence-corrected chi connectivity index (χ2v) is 7.12. The molecule has 0 radical (unpaired) electrons. The number of furan rings is 1. The molecule has 3 heterocycles. The number of benzene rings is 1. The zero-order valence-electron chi connectivity index (χ0n) is 16.6. The lowest BCUT2D eigenvalue weighted by Crippen LogP contribution is -2.57. The number of fused-ring (bicyclic) bond motifs is 1. The molecule has 1 fully saturated rings. The number of aryl methyl sites for hydroxylation is 1. The van der Waals surface area contributed by atoms with Crippen LogP contribution in [0.15, 0.2) is 40.9 Å². The first kappa shape index (κ1) is 21.0. The van der Waals surface area contributed by atoms with Crippen LogP contribution < -0.4 is 9.64 Å². The average Bonchev–Trinajstić information content (AvgIpc) is 3.01. The maximum absolute atomic E-state index is 15.0. The van der Waals surface area contributed by atoms with Crippen LogP contribution in [0.2, 0.25) is 0 Å². The number of aromatic nitrogens is 1. The van der Waals surface area contributed by atoms with E-state index in [2.05, 4.69) is 4.98 Å². The van der Waals surface area contributed by atoms with E-state index in [1.54, 1.807) is 13.8 Å². The van der Waals surface area contributed by atoms with Gasteiger partial charge in [0.05, 0.1) is 19.7 Å². The van der Waals surface area contributed by atoms with Gasteiger partial charge in [-0.1, -0.05) is 0 Å². The second-order valence-electron chi connectivity index (χ2n) is 7.12. The summed E-state index contributed by atoms with van der Waals surface area (Å²) in [4.78, 5) is 17.1. The van der Waals surface area contributed by atoms with Gasteiger partial charge in [-0.25, -0.2) is 18.6 Å². The molecule has 0 bridgehead atoms. The fourth-order valence-electron chi connectivity index (χ4n) is 3.46. The number of halogens is 4. The van der Waals surface area contributed by atoms with Crippen LogP contribution in [0.5, 0.6) is 5.75 Å². The molecule has 31 heavy (non-hydrogen) atoms. The number of ether oxygens (including phenoxy) is 2. The van der Waals surface area contributed by atoms with Crippen molar-refractivity contribution in [2.24, 2.45) is 0 Å². The molecule has 1 aliphatic heterocycles. The Bertz CT molecular complexity index is 1140. The fourth-order valence-corrected chi connectivity index (χ4v) is 3.46. The number of rotatable bonds is 6. The van der Waals surface area contributed by atoms with E-state index in [0.29, 0.717) is 5.58 Å². The monoisotopic (exact) mass is 438 g/mol. The standard InChI is InChI=1S/C21H18F4N2O4/c1-3-29-19(28)17-12(2)30-16-7-6-13(9-14(16)17)31-21(24,25)15-5-4-8-26-18(15)27-10-20(22,23)11-27/h4-9H,3,10-11H2,1-2H3. The summed E-state index contributed by atoms with van der Waals surface area (Å²) in [7, 11) is 0. The molecule has 1 saturated heterocycles. The molecule has 0 aliphatic carbocycles. The molecule has 1 aromatic carbocycles. The van der Waals surface area contributed by atoms with Crippen LogP contribution in [0.25, 0.3) is 11.0 Å². The smallest absolute Gasteiger partial charge is 0.430 e. The first-order valence-electron chi connectivity index (χ1n) is 9.46. The Labute approximate surface area is 174 Å². The van der Waals surface area contributed by atoms with E-state index in [4.69, 9.17) is 13.9 Å². The van der Waals surface area contributed by atoms with Gasteiger partial charge in [-0.05, 0) is 44.2 Å². The highest BCUT2D eigenvalue weighted by Crippen LogP contribution is 2.41. The van der Waals surface area contributed by atoms with E-state index in [-0.39, 0.29) is 34.9 Å². The van der Waals surface area contributed by atoms with Gasteiger partial charge >= 0.3 is 12.1 Å². The summed E-state index contributed by atoms with van der Waals surface area (Å²) < 4.78 is 71.9. The van der Waals surface area contributed by atoms with Crippen molar-refractivity contribution in [1.82, 2.24) is 4.98 Å². The van der Waals surface area contributed by atoms with Gasteiger partial charge in [0.15, 0.2) is 0 Å². The van der Waals surface area contributed by atoms with Crippen molar-refractivity contribution in [3.63, 3.8) is 0 Å². The van der Waals surface area contributed by atoms with E-state index in [9.17, 15) is 13.6 Å². The summed E-state index contributed by atoms with van der Waals surface area (Å²) in [6, 6.07) is 6.26. The topological polar surface area (TPSA) is 64.8 Å². The van der Waals surface area contributed by atoms with Crippen LogP contribution >= 0.6 is 0 Å². The Kier molecular flexibility index (Phi) is 5.03. The van der Waals surface area contributed by atoms with Gasteiger partial charge in [-0.2, -0.15) is 8.78 Å². The summed E-state index contributed by atoms with van der Waals surface area (Å²) in [5.74, 6) is -3.82. The van der Waals surface area contributed by atoms with Gasteiger partial charge in [-0.3, -0.25) is 0 Å². The number of carbonyl (C=O) groups is 1. The van der Waals surface area contributed by atoms with E-state index in [1.165, 1.54) is 30.5 Å². The van der Waals surface area contributed by atoms with Crippen LogP contribution in [0.3, 0.4) is 0 Å². The number of carbonyl (C=O) groups excluding carboxylic acids is 1. The first-order chi connectivity index (χ1) is 14.6. The Morgan fingerprint density at radius 1 is 1.29 bits per heavy atom. The highest BCUT2D eigenvalue weighted by molar-refractivity contribution is 6.04. The van der Waals surface area contributed by atoms with Crippen molar-refractivity contribution in [2.45, 2.75) is 25.9 Å². The quantitative estimate of drug-likeness (QED) is 0.403. The summed E-state index contributed by atoms with van der Waals surface area (Å²) in [5.41, 5.74) is -0.212. The number of anilines is 1. The van der Waals surface area contributed by atoms with Crippen molar-refractivity contribution < 1.29 is 36.2 Å². The van der Waals surface area contributed by atoms with E-state index in [0.717, 1.165) is 11.0 Å². The Morgan fingerprint density at radius 3 is 2.71 bits per heavy atom. The molecule has 0 saturated carbocycles. The summed E-state index contributed by atoms with van der Waals surface area (Å²) in [5, 5.41) is 0.262. The Morgan fingerprint density at radius 2 is 2.03 bits per heavy atom. The Hall–Kier alpha value is -3.30. The molecule has 10 heteroatoms. The number of hydrogen-bond donors (Lipinski definition) is 0. The number of esters is 1. The first-order valence-corrected chi connectivity index (χ1v) is 9.46. The van der Waals surface area contributed by atoms with Crippen molar-refractivity contribution in [1.29, 1.82) is 0 Å². The van der Waals surface area contributed by atoms with E-state index >= 15 is 8.78 Å². The predicted octanol–water partition coefficient (Wildman–Crippen LogP) is 4.90. The molecule has 0 atom stereocenters. The minimum Gasteiger partial charge on any atom is -0.462 e. The van der Waals surface area contributed by atoms with Gasteiger partial charge in [0.25, 0.3) is 5.92 Å². The molecule has 1 aliphatic rings. The Balaban J connectivity index is 1.66. The van der Waals surface area contributed by atoms with Gasteiger partial charge in [0.2, 0.25) is 0 Å². The minimum atomic E-state index is -3.87. The van der Waals surface area contributed by atoms with Crippen molar-refractivity contribution >= 4 is 22.8 Å². The van der Waals surface area contributed by atoms with Crippen molar-refractivity contribution in [3.05, 3.63) is 53.4 Å². The highest BCUT2D eigenvalue weighted by Gasteiger charge is 2.48. The van der Waals surface area contributed by atoms with Gasteiger partial charge in [-0.15, -0.1) is 0 Å². The molecule has 164 valence electrons. The summed E-state index contributed by atoms with van der Waals surface area (Å²) >= 11 is 0. The van der Waals surface area contributed by atoms with Gasteiger partial charge < -0.3 is 18.8 Å². The molecule has 0 amide bonds. The highest BCUT2D eigenvalue weighted by atomic mass is 19.3. The number of nitrogens with zero attached hydrogens (tertiary/aromatic N) is 2. The van der Waals surface area contributed by atoms with E-state index < -0.39 is 36.7 Å². The maximum atomic E-state index is 15.0. The SMILES string of the molecule is CCOC(=O)c1c(C)oc2ccc(OC(F)(F)c3cccnc3N3CC(F)(F)C3)cc12. The van der Waals surface area contributed by atoms with Crippen molar-refractivity contribution in [3.8, 4) is 5.75 Å². The molecular weight excluding hydrogens is 420 g/mol. The molecular formula is C21H18F4N2O4. The molecule has 4 rings (SSSR count). The summed E-state index contributed by atoms with van der Waals surface area (Å²) in [6.07, 6.45) is -2.62. The second kappa shape index (κ2) is 7.44. The lowest BCUT2D eigenvalue weighted by atomic mass is 10.1. The average molecular weight is 438 g/mol. The van der Waals surface area contributed by atoms with Gasteiger partial charge in [0, 0.05) is 11.6 Å². The molecule has 0 N–H and O–H groups in total. The maximum Gasteiger partial charge on any atom is 0.430 e. The number of alkyl halides is 4. The molecule has 0 spiro atoms. The molecule has 2 aromatic heterocycles. The third kappa shape index (κ3) is 3.89. The number of pyridine rings is 1. The zero-order chi connectivity index (χ0) is 22.4. The van der Waals surface area contributed by atoms with Crippen LogP contribution in [-0.4, -0.2) is 36.6 Å². The fraction of sp³-hybridized carbons (Fsp3) is 0.333. The lowest BCUT2D eigenvalue weighted by Gasteiger charge is -2.40. The minimum absolute atomic E-state index is 0.121. The third-order valence-corrected chi connectivity index (χ3v) is 4.81. The lowest BCUT2D eigenvalue weighted by molar-refractivity contribution is -0.185. The largest absolute Gasteiger partial charge is 0.462 e. The van der Waals surface area contributed by atoms with Crippen LogP contribution in [0, 0.1) is 6.92 Å². The molecule has 3 aromatic rings. The summed E-state index contributed by atoms with van der Waals surface area (Å²) in [6.45, 7) is 1.95. The van der Waals surface area contributed by atoms with Gasteiger partial charge in [0.1, 0.15) is 34.0 Å². The molecule has 0 unspecified atom stereocenters. The van der Waals surface area contributed by atoms with Crippen LogP contribution in [-0.2, 0) is 10.8 Å². The third-order valence-electron chi connectivity index (χ3n) is 4.81. The van der Waals surface area contributed by atoms with E-state index in [1.807, 2.05) is 0 Å². The van der Waals surface area contributed by atoms with Crippen LogP contribution in [0.1, 0.15) is 28.6 Å². The normalized spacial score (nSPS) is 15.6. The molecule has 6 nitrogen and oxygen atoms in total. The van der Waals surface area contributed by atoms with Crippen molar-refractivity contribution in [2.75, 3.05) is 24.6 Å². The predicted molar refractivity (Wildman–Crippen MR) is 103 cm³/mol.